The van der Waals surface area contributed by atoms with E-state index in [2.05, 4.69) is 15.3 Å². The molecular weight excluding hydrogens is 307 g/mol. The molecule has 0 aliphatic heterocycles. The number of phenolic OH excluding ortho intramolecular Hbond substituents is 1. The van der Waals surface area contributed by atoms with Crippen molar-refractivity contribution in [3.8, 4) is 17.0 Å². The van der Waals surface area contributed by atoms with Crippen molar-refractivity contribution in [2.75, 3.05) is 0 Å². The smallest absolute Gasteiger partial charge is 0.177 e. The number of nitrogens with zero attached hydrogens (tertiary/aromatic N) is 4. The minimum absolute atomic E-state index is 0.365. The minimum atomic E-state index is -0.653. The predicted octanol–water partition coefficient (Wildman–Crippen LogP) is 3.23. The highest BCUT2D eigenvalue weighted by Gasteiger charge is 2.11. The van der Waals surface area contributed by atoms with Gasteiger partial charge in [0.1, 0.15) is 0 Å². The number of aromatic nitrogens is 4. The van der Waals surface area contributed by atoms with Gasteiger partial charge in [-0.25, -0.2) is 4.39 Å². The van der Waals surface area contributed by atoms with Crippen molar-refractivity contribution in [2.45, 2.75) is 6.42 Å². The van der Waals surface area contributed by atoms with E-state index in [0.717, 1.165) is 11.3 Å². The van der Waals surface area contributed by atoms with Crippen molar-refractivity contribution in [1.82, 2.24) is 19.8 Å². The number of benzene rings is 2. The van der Waals surface area contributed by atoms with Crippen LogP contribution in [0.2, 0.25) is 0 Å². The van der Waals surface area contributed by atoms with Crippen LogP contribution in [0.4, 0.5) is 4.39 Å². The first-order chi connectivity index (χ1) is 11.7. The van der Waals surface area contributed by atoms with E-state index < -0.39 is 5.82 Å². The third kappa shape index (κ3) is 2.58. The maximum Gasteiger partial charge on any atom is 0.177 e. The molecule has 118 valence electrons. The monoisotopic (exact) mass is 320 g/mol. The van der Waals surface area contributed by atoms with E-state index in [4.69, 9.17) is 0 Å². The molecule has 6 heteroatoms. The molecule has 0 saturated carbocycles. The average Bonchev–Trinajstić information content (AvgIpc) is 3.01. The number of fused-ring (bicyclic) bond motifs is 1. The molecule has 0 saturated heterocycles. The van der Waals surface area contributed by atoms with Gasteiger partial charge in [-0.2, -0.15) is 9.61 Å². The zero-order valence-corrected chi connectivity index (χ0v) is 12.6. The SMILES string of the molecule is Oc1ccc(Cc2nnc3ccc(-c4ccccc4)nn23)cc1F. The Kier molecular flexibility index (Phi) is 3.42. The molecule has 0 bridgehead atoms. The second-order valence-electron chi connectivity index (χ2n) is 5.43. The van der Waals surface area contributed by atoms with Crippen LogP contribution in [0.3, 0.4) is 0 Å². The van der Waals surface area contributed by atoms with Crippen LogP contribution in [-0.4, -0.2) is 24.9 Å². The number of aromatic hydroxyl groups is 1. The molecule has 4 aromatic rings. The molecular formula is C18H13FN4O. The van der Waals surface area contributed by atoms with E-state index >= 15 is 0 Å². The molecule has 2 aromatic heterocycles. The lowest BCUT2D eigenvalue weighted by Gasteiger charge is -2.04. The van der Waals surface area contributed by atoms with E-state index in [-0.39, 0.29) is 5.75 Å². The Morgan fingerprint density at radius 1 is 0.958 bits per heavy atom. The van der Waals surface area contributed by atoms with Gasteiger partial charge in [0.05, 0.1) is 5.69 Å². The van der Waals surface area contributed by atoms with E-state index in [1.54, 1.807) is 10.6 Å². The largest absolute Gasteiger partial charge is 0.505 e. The van der Waals surface area contributed by atoms with Gasteiger partial charge < -0.3 is 5.11 Å². The molecule has 0 fully saturated rings. The molecule has 0 aliphatic rings. The van der Waals surface area contributed by atoms with Crippen LogP contribution in [0.15, 0.2) is 60.7 Å². The van der Waals surface area contributed by atoms with Gasteiger partial charge in [-0.15, -0.1) is 10.2 Å². The van der Waals surface area contributed by atoms with Crippen molar-refractivity contribution in [3.05, 3.63) is 77.9 Å². The Hall–Kier alpha value is -3.28. The van der Waals surface area contributed by atoms with Crippen molar-refractivity contribution in [1.29, 1.82) is 0 Å². The topological polar surface area (TPSA) is 63.3 Å². The Labute approximate surface area is 137 Å². The van der Waals surface area contributed by atoms with Gasteiger partial charge in [-0.3, -0.25) is 0 Å². The maximum atomic E-state index is 13.5. The van der Waals surface area contributed by atoms with Crippen molar-refractivity contribution < 1.29 is 9.50 Å². The van der Waals surface area contributed by atoms with Gasteiger partial charge in [-0.05, 0) is 29.8 Å². The Morgan fingerprint density at radius 2 is 1.79 bits per heavy atom. The second kappa shape index (κ2) is 5.73. The van der Waals surface area contributed by atoms with Crippen molar-refractivity contribution >= 4 is 5.65 Å². The standard InChI is InChI=1S/C18H13FN4O/c19-14-10-12(6-8-16(14)24)11-18-21-20-17-9-7-15(22-23(17)18)13-4-2-1-3-5-13/h1-10,24H,11H2. The fraction of sp³-hybridized carbons (Fsp3) is 0.0556. The fourth-order valence-electron chi connectivity index (χ4n) is 2.55. The minimum Gasteiger partial charge on any atom is -0.505 e. The molecule has 4 rings (SSSR count). The summed E-state index contributed by atoms with van der Waals surface area (Å²) in [4.78, 5) is 0. The number of hydrogen-bond acceptors (Lipinski definition) is 4. The van der Waals surface area contributed by atoms with Crippen LogP contribution in [-0.2, 0) is 6.42 Å². The molecule has 2 aromatic carbocycles. The molecule has 0 spiro atoms. The van der Waals surface area contributed by atoms with Crippen molar-refractivity contribution in [2.24, 2.45) is 0 Å². The summed E-state index contributed by atoms with van der Waals surface area (Å²) in [5.41, 5.74) is 3.12. The Balaban J connectivity index is 1.74. The Morgan fingerprint density at radius 3 is 2.58 bits per heavy atom. The van der Waals surface area contributed by atoms with Crippen LogP contribution in [0.25, 0.3) is 16.9 Å². The molecule has 2 heterocycles. The first-order valence-electron chi connectivity index (χ1n) is 7.45. The lowest BCUT2D eigenvalue weighted by atomic mass is 10.1. The van der Waals surface area contributed by atoms with Crippen LogP contribution < -0.4 is 0 Å². The molecule has 5 nitrogen and oxygen atoms in total. The van der Waals surface area contributed by atoms with Gasteiger partial charge in [-0.1, -0.05) is 36.4 Å². The number of phenols is 1. The summed E-state index contributed by atoms with van der Waals surface area (Å²) in [5.74, 6) is -0.415. The van der Waals surface area contributed by atoms with E-state index in [1.807, 2.05) is 42.5 Å². The van der Waals surface area contributed by atoms with E-state index in [0.29, 0.717) is 23.5 Å². The summed E-state index contributed by atoms with van der Waals surface area (Å²) < 4.78 is 15.2. The highest BCUT2D eigenvalue weighted by molar-refractivity contribution is 5.59. The molecule has 0 atom stereocenters. The number of rotatable bonds is 3. The highest BCUT2D eigenvalue weighted by Crippen LogP contribution is 2.20. The summed E-state index contributed by atoms with van der Waals surface area (Å²) in [5, 5.41) is 22.1. The van der Waals surface area contributed by atoms with Gasteiger partial charge in [0.25, 0.3) is 0 Å². The number of halogens is 1. The van der Waals surface area contributed by atoms with Crippen LogP contribution in [0, 0.1) is 5.82 Å². The third-order valence-electron chi connectivity index (χ3n) is 3.77. The van der Waals surface area contributed by atoms with Gasteiger partial charge >= 0.3 is 0 Å². The van der Waals surface area contributed by atoms with Gasteiger partial charge in [0.2, 0.25) is 0 Å². The zero-order valence-electron chi connectivity index (χ0n) is 12.6. The summed E-state index contributed by atoms with van der Waals surface area (Å²) in [6, 6.07) is 17.8. The van der Waals surface area contributed by atoms with Gasteiger partial charge in [0.15, 0.2) is 23.0 Å². The molecule has 0 amide bonds. The molecule has 0 aliphatic carbocycles. The van der Waals surface area contributed by atoms with Gasteiger partial charge in [0, 0.05) is 12.0 Å². The zero-order chi connectivity index (χ0) is 16.5. The average molecular weight is 320 g/mol. The lowest BCUT2D eigenvalue weighted by Crippen LogP contribution is -2.01. The quantitative estimate of drug-likeness (QED) is 0.629. The predicted molar refractivity (Wildman–Crippen MR) is 87.1 cm³/mol. The first kappa shape index (κ1) is 14.3. The summed E-state index contributed by atoms with van der Waals surface area (Å²) in [7, 11) is 0. The number of hydrogen-bond donors (Lipinski definition) is 1. The normalized spacial score (nSPS) is 11.0. The Bertz CT molecular complexity index is 1010. The first-order valence-corrected chi connectivity index (χ1v) is 7.45. The molecule has 1 N–H and O–H groups in total. The second-order valence-corrected chi connectivity index (χ2v) is 5.43. The van der Waals surface area contributed by atoms with E-state index in [9.17, 15) is 9.50 Å². The fourth-order valence-corrected chi connectivity index (χ4v) is 2.55. The molecule has 0 unspecified atom stereocenters. The third-order valence-corrected chi connectivity index (χ3v) is 3.77. The molecule has 0 radical (unpaired) electrons. The lowest BCUT2D eigenvalue weighted by molar-refractivity contribution is 0.432. The highest BCUT2D eigenvalue weighted by atomic mass is 19.1. The summed E-state index contributed by atoms with van der Waals surface area (Å²) in [6.07, 6.45) is 0.365. The molecule has 24 heavy (non-hydrogen) atoms. The summed E-state index contributed by atoms with van der Waals surface area (Å²) >= 11 is 0. The van der Waals surface area contributed by atoms with Crippen molar-refractivity contribution in [3.63, 3.8) is 0 Å². The van der Waals surface area contributed by atoms with E-state index in [1.165, 1.54) is 12.1 Å². The maximum absolute atomic E-state index is 13.5. The summed E-state index contributed by atoms with van der Waals surface area (Å²) in [6.45, 7) is 0. The van der Waals surface area contributed by atoms with Crippen LogP contribution >= 0.6 is 0 Å². The van der Waals surface area contributed by atoms with Crippen LogP contribution in [0.5, 0.6) is 5.75 Å². The van der Waals surface area contributed by atoms with Crippen LogP contribution in [0.1, 0.15) is 11.4 Å².